The predicted octanol–water partition coefficient (Wildman–Crippen LogP) is 5.15. The van der Waals surface area contributed by atoms with Crippen molar-refractivity contribution < 1.29 is 187 Å². The minimum Gasteiger partial charge on any atom is -0.548 e. The topological polar surface area (TPSA) is 363 Å². The van der Waals surface area contributed by atoms with E-state index in [-0.39, 0.29) is 51.0 Å². The number of hydrogen-bond donors (Lipinski definition) is 0. The summed E-state index contributed by atoms with van der Waals surface area (Å²) in [6.07, 6.45) is 0. The van der Waals surface area contributed by atoms with Gasteiger partial charge >= 0.3 is 31.4 Å². The van der Waals surface area contributed by atoms with E-state index in [9.17, 15) is 158 Å². The molecule has 0 saturated carbocycles. The van der Waals surface area contributed by atoms with E-state index in [0.717, 1.165) is 0 Å². The SMILES string of the molecule is CC(C)(C)[C@H](C(=O)[O-])N1C(=O)c2c(F)c(F)c(F)c(F)c2C1=O.CC(C)(C)[C@H](C(=O)[O-])N1C(=O)c2c(F)c(F)c(F)c(F)c2C1=O.CC(C)(C)[C@H](C(=O)[O-])N1C(=O)c2c(F)c(F)c(F)c(F)c2C1=O.CC(C)(C)[C@H](C(=O)[O-])N1C(=O)c2c(F)c(F)c(F)c(F)c2C1=O.CCOC(C)=O.CCOC(C)=O.[Rh+2]. The number of nitrogens with zero attached hydrogens (tertiary/aromatic N) is 4. The van der Waals surface area contributed by atoms with Crippen LogP contribution in [-0.2, 0) is 57.7 Å². The van der Waals surface area contributed by atoms with Crippen LogP contribution in [0.1, 0.15) is 194 Å². The Labute approximate surface area is 594 Å². The van der Waals surface area contributed by atoms with Gasteiger partial charge in [-0.05, 0) is 35.5 Å². The number of hydrogen-bond acceptors (Lipinski definition) is 20. The molecule has 0 unspecified atom stereocenters. The van der Waals surface area contributed by atoms with Gasteiger partial charge in [-0.15, -0.1) is 0 Å². The number of rotatable bonds is 10. The van der Waals surface area contributed by atoms with Crippen LogP contribution in [0.15, 0.2) is 0 Å². The second-order valence-corrected chi connectivity index (χ2v) is 26.1. The van der Waals surface area contributed by atoms with Crippen molar-refractivity contribution in [3.8, 4) is 0 Å². The number of ether oxygens (including phenoxy) is 2. The zero-order chi connectivity index (χ0) is 81.4. The molecule has 4 aromatic carbocycles. The number of carbonyl (C=O) groups is 14. The zero-order valence-electron chi connectivity index (χ0n) is 57.1. The Morgan fingerprint density at radius 2 is 0.381 bits per heavy atom. The molecule has 41 heteroatoms. The first-order valence-corrected chi connectivity index (χ1v) is 29.2. The van der Waals surface area contributed by atoms with E-state index in [1.54, 1.807) is 13.8 Å². The van der Waals surface area contributed by atoms with Crippen LogP contribution in [-0.4, -0.2) is 140 Å². The standard InChI is InChI=1S/4C14H11F4NO4.2C4H8O2.Rh/c4*1-14(2,3)10(13(22)23)19-11(20)4-5(12(19)21)7(16)9(18)8(17)6(4)15;2*1-3-6-4(2)5;/h4*10H,1-3H3,(H,22,23);2*3H2,1-2H3;/q;;;;;;+2/p-4/t4*10-;;;/m0000.../s1. The van der Waals surface area contributed by atoms with E-state index >= 15 is 0 Å². The fourth-order valence-electron chi connectivity index (χ4n) is 10.2. The Bertz CT molecular complexity index is 3640. The van der Waals surface area contributed by atoms with E-state index < -0.39 is 255 Å². The van der Waals surface area contributed by atoms with Gasteiger partial charge in [-0.2, -0.15) is 0 Å². The van der Waals surface area contributed by atoms with Crippen LogP contribution in [0.25, 0.3) is 0 Å². The number of carboxylic acid groups (broad SMARTS) is 4. The molecule has 4 aliphatic heterocycles. The molecule has 4 aromatic rings. The molecule has 0 saturated heterocycles. The summed E-state index contributed by atoms with van der Waals surface area (Å²) in [5.74, 6) is -54.8. The molecule has 24 nitrogen and oxygen atoms in total. The fraction of sp³-hybridized carbons (Fsp3) is 0.406. The van der Waals surface area contributed by atoms with Crippen LogP contribution in [0.2, 0.25) is 0 Å². The van der Waals surface area contributed by atoms with Gasteiger partial charge in [-0.1, -0.05) is 83.1 Å². The molecule has 0 bridgehead atoms. The maximum atomic E-state index is 13.8. The average molecular weight is 1610 g/mol. The molecule has 4 aliphatic rings. The molecule has 0 spiro atoms. The number of fused-ring (bicyclic) bond motifs is 4. The maximum Gasteiger partial charge on any atom is 2.00 e. The van der Waals surface area contributed by atoms with Gasteiger partial charge < -0.3 is 49.1 Å². The Balaban J connectivity index is 0.000000449. The van der Waals surface area contributed by atoms with Crippen LogP contribution in [0.5, 0.6) is 0 Å². The number of carbonyl (C=O) groups excluding carboxylic acids is 14. The van der Waals surface area contributed by atoms with E-state index in [1.807, 2.05) is 0 Å². The van der Waals surface area contributed by atoms with Gasteiger partial charge in [0.05, 0.1) is 106 Å². The van der Waals surface area contributed by atoms with Crippen molar-refractivity contribution >= 4 is 83.1 Å². The molecular weight excluding hydrogens is 1550 g/mol. The summed E-state index contributed by atoms with van der Waals surface area (Å²) in [4.78, 5) is 162. The van der Waals surface area contributed by atoms with E-state index in [2.05, 4.69) is 9.47 Å². The molecule has 575 valence electrons. The molecule has 4 atom stereocenters. The average Bonchev–Trinajstić information content (AvgIpc) is 1.61. The smallest absolute Gasteiger partial charge is 0.548 e. The van der Waals surface area contributed by atoms with Crippen molar-refractivity contribution in [1.29, 1.82) is 0 Å². The maximum absolute atomic E-state index is 13.8. The number of benzene rings is 4. The molecule has 8 rings (SSSR count). The van der Waals surface area contributed by atoms with Gasteiger partial charge in [0.1, 0.15) is 0 Å². The van der Waals surface area contributed by atoms with Crippen LogP contribution < -0.4 is 20.4 Å². The summed E-state index contributed by atoms with van der Waals surface area (Å²) in [7, 11) is 0. The Hall–Kier alpha value is -10.2. The minimum absolute atomic E-state index is 0. The second-order valence-electron chi connectivity index (χ2n) is 26.1. The normalized spacial score (nSPS) is 14.8. The number of amides is 8. The van der Waals surface area contributed by atoms with Crippen molar-refractivity contribution in [3.63, 3.8) is 0 Å². The Kier molecular flexibility index (Phi) is 28.8. The predicted molar refractivity (Wildman–Crippen MR) is 305 cm³/mol. The number of aliphatic carboxylic acids is 4. The monoisotopic (exact) mass is 1610 g/mol. The van der Waals surface area contributed by atoms with Crippen molar-refractivity contribution in [2.45, 2.75) is 135 Å². The summed E-state index contributed by atoms with van der Waals surface area (Å²) >= 11 is 0. The minimum atomic E-state index is -2.26. The third-order valence-electron chi connectivity index (χ3n) is 14.4. The summed E-state index contributed by atoms with van der Waals surface area (Å²) in [5, 5.41) is 45.1. The molecule has 1 radical (unpaired) electrons. The summed E-state index contributed by atoms with van der Waals surface area (Å²) in [6, 6.07) is -7.56. The van der Waals surface area contributed by atoms with E-state index in [4.69, 9.17) is 0 Å². The quantitative estimate of drug-likeness (QED) is 0.0494. The van der Waals surface area contributed by atoms with Gasteiger partial charge in [0.2, 0.25) is 0 Å². The molecule has 105 heavy (non-hydrogen) atoms. The molecule has 0 N–H and O–H groups in total. The Morgan fingerprint density at radius 3 is 0.438 bits per heavy atom. The van der Waals surface area contributed by atoms with Crippen LogP contribution in [0.4, 0.5) is 70.2 Å². The molecule has 4 heterocycles. The number of halogens is 16. The molecule has 8 amide bonds. The number of imide groups is 4. The van der Waals surface area contributed by atoms with Gasteiger partial charge in [0.15, 0.2) is 93.1 Å². The first-order chi connectivity index (χ1) is 47.2. The van der Waals surface area contributed by atoms with Crippen LogP contribution in [0, 0.1) is 115 Å². The first kappa shape index (κ1) is 90.8. The molecule has 0 aromatic heterocycles. The van der Waals surface area contributed by atoms with Crippen LogP contribution >= 0.6 is 0 Å². The van der Waals surface area contributed by atoms with Gasteiger partial charge in [-0.3, -0.25) is 67.5 Å². The van der Waals surface area contributed by atoms with E-state index in [1.165, 1.54) is 96.9 Å². The van der Waals surface area contributed by atoms with Gasteiger partial charge in [0.25, 0.3) is 47.3 Å². The zero-order valence-corrected chi connectivity index (χ0v) is 58.7. The summed E-state index contributed by atoms with van der Waals surface area (Å²) in [5.41, 5.74) is -15.7. The molecular formula is C64H56F16N4O20Rh-2. The third kappa shape index (κ3) is 17.6. The number of esters is 2. The molecule has 0 aliphatic carbocycles. The van der Waals surface area contributed by atoms with E-state index in [0.29, 0.717) is 13.2 Å². The number of carboxylic acids is 4. The third-order valence-corrected chi connectivity index (χ3v) is 14.4. The van der Waals surface area contributed by atoms with Gasteiger partial charge in [-0.25, -0.2) is 70.2 Å². The van der Waals surface area contributed by atoms with Crippen LogP contribution in [0.3, 0.4) is 0 Å². The molecule has 0 fully saturated rings. The van der Waals surface area contributed by atoms with Crippen molar-refractivity contribution in [2.75, 3.05) is 13.2 Å². The van der Waals surface area contributed by atoms with Crippen molar-refractivity contribution in [2.24, 2.45) is 21.7 Å². The Morgan fingerprint density at radius 1 is 0.276 bits per heavy atom. The van der Waals surface area contributed by atoms with Crippen molar-refractivity contribution in [1.82, 2.24) is 19.6 Å². The second kappa shape index (κ2) is 33.3. The van der Waals surface area contributed by atoms with Crippen molar-refractivity contribution in [3.05, 3.63) is 138 Å². The largest absolute Gasteiger partial charge is 2.00 e. The summed E-state index contributed by atoms with van der Waals surface area (Å²) < 4.78 is 225. The first-order valence-electron chi connectivity index (χ1n) is 29.2. The summed E-state index contributed by atoms with van der Waals surface area (Å²) in [6.45, 7) is 23.4. The fourth-order valence-corrected chi connectivity index (χ4v) is 10.2. The van der Waals surface area contributed by atoms with Gasteiger partial charge in [0, 0.05) is 13.8 Å².